The lowest BCUT2D eigenvalue weighted by atomic mass is 10.1. The van der Waals surface area contributed by atoms with Gasteiger partial charge in [0.1, 0.15) is 5.75 Å². The van der Waals surface area contributed by atoms with Gasteiger partial charge < -0.3 is 4.74 Å². The molecule has 0 atom stereocenters. The average Bonchev–Trinajstić information content (AvgIpc) is 2.57. The molecule has 0 saturated heterocycles. The lowest BCUT2D eigenvalue weighted by molar-refractivity contribution is 0.0735. The third kappa shape index (κ3) is 3.15. The molecule has 0 radical (unpaired) electrons. The van der Waals surface area contributed by atoms with Crippen LogP contribution in [0.2, 0.25) is 0 Å². The van der Waals surface area contributed by atoms with Crippen molar-refractivity contribution in [2.24, 2.45) is 0 Å². The number of para-hydroxylation sites is 1. The summed E-state index contributed by atoms with van der Waals surface area (Å²) >= 11 is 0. The second-order valence-corrected chi connectivity index (χ2v) is 4.52. The minimum absolute atomic E-state index is 0.359. The monoisotopic (exact) mass is 275 g/mol. The summed E-state index contributed by atoms with van der Waals surface area (Å²) in [5.41, 5.74) is 2.62. The Morgan fingerprint density at radius 2 is 1.38 bits per heavy atom. The van der Waals surface area contributed by atoms with E-state index < -0.39 is 0 Å². The van der Waals surface area contributed by atoms with Gasteiger partial charge in [0.2, 0.25) is 0 Å². The predicted octanol–water partition coefficient (Wildman–Crippen LogP) is 3.97. The van der Waals surface area contributed by atoms with Gasteiger partial charge >= 0.3 is 5.97 Å². The topological polar surface area (TPSA) is 39.2 Å². The number of hydrogen-bond donors (Lipinski definition) is 0. The number of esters is 1. The minimum atomic E-state index is -0.359. The van der Waals surface area contributed by atoms with Gasteiger partial charge in [0.05, 0.1) is 5.56 Å². The van der Waals surface area contributed by atoms with Gasteiger partial charge in [0.25, 0.3) is 0 Å². The molecule has 2 aromatic carbocycles. The van der Waals surface area contributed by atoms with E-state index in [4.69, 9.17) is 4.74 Å². The minimum Gasteiger partial charge on any atom is -0.423 e. The first-order chi connectivity index (χ1) is 10.3. The molecule has 0 bridgehead atoms. The number of benzene rings is 2. The van der Waals surface area contributed by atoms with Gasteiger partial charge in [-0.05, 0) is 47.5 Å². The highest BCUT2D eigenvalue weighted by molar-refractivity contribution is 5.91. The molecule has 1 heterocycles. The lowest BCUT2D eigenvalue weighted by Gasteiger charge is -2.05. The van der Waals surface area contributed by atoms with Crippen molar-refractivity contribution in [3.8, 4) is 16.9 Å². The Morgan fingerprint density at radius 1 is 0.762 bits per heavy atom. The average molecular weight is 275 g/mol. The van der Waals surface area contributed by atoms with E-state index in [0.29, 0.717) is 11.3 Å². The highest BCUT2D eigenvalue weighted by atomic mass is 16.5. The Kier molecular flexibility index (Phi) is 3.74. The zero-order valence-corrected chi connectivity index (χ0v) is 11.3. The Balaban J connectivity index is 1.77. The summed E-state index contributed by atoms with van der Waals surface area (Å²) in [6.45, 7) is 0. The summed E-state index contributed by atoms with van der Waals surface area (Å²) in [6, 6.07) is 20.2. The first kappa shape index (κ1) is 13.1. The maximum Gasteiger partial charge on any atom is 0.343 e. The van der Waals surface area contributed by atoms with Gasteiger partial charge in [-0.2, -0.15) is 0 Å². The summed E-state index contributed by atoms with van der Waals surface area (Å²) < 4.78 is 5.30. The van der Waals surface area contributed by atoms with E-state index in [1.54, 1.807) is 36.7 Å². The molecule has 21 heavy (non-hydrogen) atoms. The fourth-order valence-electron chi connectivity index (χ4n) is 2.00. The standard InChI is InChI=1S/C18H13NO2/c20-18(21-17-4-2-1-3-5-17)16-8-6-14(7-9-16)15-10-12-19-13-11-15/h1-13H. The Hall–Kier alpha value is -2.94. The molecule has 3 aromatic rings. The van der Waals surface area contributed by atoms with E-state index in [0.717, 1.165) is 11.1 Å². The lowest BCUT2D eigenvalue weighted by Crippen LogP contribution is -2.08. The van der Waals surface area contributed by atoms with Crippen molar-refractivity contribution in [2.45, 2.75) is 0 Å². The van der Waals surface area contributed by atoms with Crippen molar-refractivity contribution in [1.29, 1.82) is 0 Å². The molecule has 3 nitrogen and oxygen atoms in total. The van der Waals surface area contributed by atoms with Crippen LogP contribution >= 0.6 is 0 Å². The zero-order valence-electron chi connectivity index (χ0n) is 11.3. The molecular formula is C18H13NO2. The molecule has 3 rings (SSSR count). The van der Waals surface area contributed by atoms with Gasteiger partial charge in [-0.25, -0.2) is 4.79 Å². The smallest absolute Gasteiger partial charge is 0.343 e. The summed E-state index contributed by atoms with van der Waals surface area (Å²) in [4.78, 5) is 16.0. The van der Waals surface area contributed by atoms with Crippen LogP contribution in [-0.4, -0.2) is 11.0 Å². The highest BCUT2D eigenvalue weighted by Gasteiger charge is 2.08. The maximum absolute atomic E-state index is 12.0. The summed E-state index contributed by atoms with van der Waals surface area (Å²) in [7, 11) is 0. The molecule has 0 aliphatic carbocycles. The van der Waals surface area contributed by atoms with Crippen LogP contribution in [0.4, 0.5) is 0 Å². The molecular weight excluding hydrogens is 262 g/mol. The molecule has 102 valence electrons. The number of pyridine rings is 1. The van der Waals surface area contributed by atoms with Gasteiger partial charge in [-0.1, -0.05) is 30.3 Å². The summed E-state index contributed by atoms with van der Waals surface area (Å²) in [6.07, 6.45) is 3.49. The fraction of sp³-hybridized carbons (Fsp3) is 0. The third-order valence-electron chi connectivity index (χ3n) is 3.09. The van der Waals surface area contributed by atoms with Crippen LogP contribution < -0.4 is 4.74 Å². The number of carbonyl (C=O) groups is 1. The quantitative estimate of drug-likeness (QED) is 0.536. The van der Waals surface area contributed by atoms with Crippen molar-refractivity contribution in [2.75, 3.05) is 0 Å². The van der Waals surface area contributed by atoms with E-state index in [1.165, 1.54) is 0 Å². The molecule has 3 heteroatoms. The first-order valence-electron chi connectivity index (χ1n) is 6.60. The Labute approximate surface area is 122 Å². The SMILES string of the molecule is O=C(Oc1ccccc1)c1ccc(-c2ccncc2)cc1. The molecule has 0 saturated carbocycles. The van der Waals surface area contributed by atoms with E-state index in [-0.39, 0.29) is 5.97 Å². The van der Waals surface area contributed by atoms with E-state index in [2.05, 4.69) is 4.98 Å². The van der Waals surface area contributed by atoms with Gasteiger partial charge in [-0.3, -0.25) is 4.98 Å². The summed E-state index contributed by atoms with van der Waals surface area (Å²) in [5, 5.41) is 0. The van der Waals surface area contributed by atoms with Crippen LogP contribution in [0.1, 0.15) is 10.4 Å². The molecule has 0 N–H and O–H groups in total. The predicted molar refractivity (Wildman–Crippen MR) is 81.1 cm³/mol. The Bertz CT molecular complexity index is 722. The normalized spacial score (nSPS) is 10.1. The second kappa shape index (κ2) is 6.01. The fourth-order valence-corrected chi connectivity index (χ4v) is 2.00. The molecule has 0 amide bonds. The van der Waals surface area contributed by atoms with Crippen molar-refractivity contribution in [3.05, 3.63) is 84.7 Å². The van der Waals surface area contributed by atoms with Crippen molar-refractivity contribution >= 4 is 5.97 Å². The number of hydrogen-bond acceptors (Lipinski definition) is 3. The molecule has 0 aliphatic rings. The third-order valence-corrected chi connectivity index (χ3v) is 3.09. The van der Waals surface area contributed by atoms with Crippen LogP contribution in [-0.2, 0) is 0 Å². The number of nitrogens with zero attached hydrogens (tertiary/aromatic N) is 1. The van der Waals surface area contributed by atoms with Gasteiger partial charge in [0, 0.05) is 12.4 Å². The van der Waals surface area contributed by atoms with E-state index in [1.807, 2.05) is 42.5 Å². The highest BCUT2D eigenvalue weighted by Crippen LogP contribution is 2.19. The van der Waals surface area contributed by atoms with E-state index >= 15 is 0 Å². The number of ether oxygens (including phenoxy) is 1. The summed E-state index contributed by atoms with van der Waals surface area (Å²) in [5.74, 6) is 0.184. The first-order valence-corrected chi connectivity index (χ1v) is 6.60. The molecule has 0 spiro atoms. The number of carbonyl (C=O) groups excluding carboxylic acids is 1. The van der Waals surface area contributed by atoms with Crippen LogP contribution in [0.15, 0.2) is 79.1 Å². The van der Waals surface area contributed by atoms with Crippen molar-refractivity contribution < 1.29 is 9.53 Å². The van der Waals surface area contributed by atoms with Crippen molar-refractivity contribution in [1.82, 2.24) is 4.98 Å². The largest absolute Gasteiger partial charge is 0.423 e. The number of aromatic nitrogens is 1. The van der Waals surface area contributed by atoms with E-state index in [9.17, 15) is 4.79 Å². The van der Waals surface area contributed by atoms with Gasteiger partial charge in [-0.15, -0.1) is 0 Å². The Morgan fingerprint density at radius 3 is 2.05 bits per heavy atom. The number of rotatable bonds is 3. The second-order valence-electron chi connectivity index (χ2n) is 4.52. The molecule has 0 unspecified atom stereocenters. The van der Waals surface area contributed by atoms with Gasteiger partial charge in [0.15, 0.2) is 0 Å². The molecule has 0 aliphatic heterocycles. The van der Waals surface area contributed by atoms with Crippen LogP contribution in [0, 0.1) is 0 Å². The molecule has 1 aromatic heterocycles. The van der Waals surface area contributed by atoms with Crippen molar-refractivity contribution in [3.63, 3.8) is 0 Å². The van der Waals surface area contributed by atoms with Crippen LogP contribution in [0.5, 0.6) is 5.75 Å². The zero-order chi connectivity index (χ0) is 14.5. The van der Waals surface area contributed by atoms with Crippen LogP contribution in [0.25, 0.3) is 11.1 Å². The van der Waals surface area contributed by atoms with Crippen LogP contribution in [0.3, 0.4) is 0 Å². The molecule has 0 fully saturated rings. The maximum atomic E-state index is 12.0.